The van der Waals surface area contributed by atoms with Crippen LogP contribution in [0.25, 0.3) is 0 Å². The fourth-order valence-electron chi connectivity index (χ4n) is 2.80. The number of nitrogens with zero attached hydrogens (tertiary/aromatic N) is 1. The third kappa shape index (κ3) is 3.71. The molecule has 4 amide bonds. The summed E-state index contributed by atoms with van der Waals surface area (Å²) in [6.45, 7) is -0.491. The van der Waals surface area contributed by atoms with E-state index < -0.39 is 36.2 Å². The van der Waals surface area contributed by atoms with Crippen molar-refractivity contribution in [1.82, 2.24) is 15.5 Å². The van der Waals surface area contributed by atoms with Gasteiger partial charge in [0.25, 0.3) is 11.6 Å². The lowest BCUT2D eigenvalue weighted by molar-refractivity contribution is -0.204. The molecule has 1 aliphatic rings. The summed E-state index contributed by atoms with van der Waals surface area (Å²) in [6.07, 6.45) is -4.09. The minimum Gasteiger partial charge on any atom is -0.467 e. The van der Waals surface area contributed by atoms with Crippen LogP contribution in [0.15, 0.2) is 53.1 Å². The Labute approximate surface area is 157 Å². The van der Waals surface area contributed by atoms with Gasteiger partial charge in [0.05, 0.1) is 12.8 Å². The lowest BCUT2D eigenvalue weighted by Crippen LogP contribution is -2.69. The lowest BCUT2D eigenvalue weighted by atomic mass is 10.1. The van der Waals surface area contributed by atoms with Crippen molar-refractivity contribution in [1.29, 1.82) is 0 Å². The Morgan fingerprint density at radius 2 is 1.86 bits per heavy atom. The van der Waals surface area contributed by atoms with Gasteiger partial charge in [0.1, 0.15) is 5.76 Å². The normalized spacial score (nSPS) is 19.6. The molecule has 1 aliphatic heterocycles. The summed E-state index contributed by atoms with van der Waals surface area (Å²) in [5.41, 5.74) is -2.76. The summed E-state index contributed by atoms with van der Waals surface area (Å²) in [6, 6.07) is 10.3. The zero-order valence-corrected chi connectivity index (χ0v) is 14.5. The Kier molecular flexibility index (Phi) is 5.12. The molecule has 1 fully saturated rings. The Morgan fingerprint density at radius 1 is 1.14 bits per heavy atom. The first-order valence-corrected chi connectivity index (χ1v) is 8.31. The van der Waals surface area contributed by atoms with Crippen LogP contribution in [-0.2, 0) is 22.6 Å². The first kappa shape index (κ1) is 19.5. The van der Waals surface area contributed by atoms with Crippen molar-refractivity contribution in [2.24, 2.45) is 0 Å². The van der Waals surface area contributed by atoms with Crippen molar-refractivity contribution >= 4 is 17.8 Å². The van der Waals surface area contributed by atoms with E-state index in [2.05, 4.69) is 0 Å². The first-order valence-electron chi connectivity index (χ1n) is 8.31. The van der Waals surface area contributed by atoms with E-state index in [1.165, 1.54) is 18.4 Å². The molecule has 2 aromatic rings. The van der Waals surface area contributed by atoms with E-state index in [1.807, 2.05) is 0 Å². The Bertz CT molecular complexity index is 868. The molecule has 0 spiro atoms. The molecule has 1 saturated heterocycles. The summed E-state index contributed by atoms with van der Waals surface area (Å²) >= 11 is 0. The molecule has 1 aromatic heterocycles. The summed E-state index contributed by atoms with van der Waals surface area (Å²) in [5.74, 6) is -2.51. The highest BCUT2D eigenvalue weighted by atomic mass is 19.4. The van der Waals surface area contributed by atoms with E-state index >= 15 is 0 Å². The molecule has 3 rings (SSSR count). The van der Waals surface area contributed by atoms with Crippen molar-refractivity contribution in [2.75, 3.05) is 0 Å². The second-order valence-corrected chi connectivity index (χ2v) is 6.18. The standard InChI is InChI=1S/C18H16F3N3O4/c19-18(20,21)17(22-14(25)9-8-12-5-2-1-3-6-12)15(26)24(16(27)23-17)11-13-7-4-10-28-13/h1-7,10H,8-9,11H2,(H,22,25)(H,23,27)/t17-/m1/s1. The zero-order chi connectivity index (χ0) is 20.4. The van der Waals surface area contributed by atoms with Gasteiger partial charge >= 0.3 is 12.2 Å². The van der Waals surface area contributed by atoms with Crippen LogP contribution in [0, 0.1) is 0 Å². The van der Waals surface area contributed by atoms with Gasteiger partial charge in [-0.25, -0.2) is 4.79 Å². The zero-order valence-electron chi connectivity index (χ0n) is 14.5. The largest absolute Gasteiger partial charge is 0.467 e. The molecule has 2 heterocycles. The monoisotopic (exact) mass is 395 g/mol. The summed E-state index contributed by atoms with van der Waals surface area (Å²) < 4.78 is 46.1. The van der Waals surface area contributed by atoms with Crippen LogP contribution in [0.4, 0.5) is 18.0 Å². The molecule has 148 valence electrons. The van der Waals surface area contributed by atoms with Crippen molar-refractivity contribution in [3.63, 3.8) is 0 Å². The second-order valence-electron chi connectivity index (χ2n) is 6.18. The third-order valence-electron chi connectivity index (χ3n) is 4.24. The number of hydrogen-bond donors (Lipinski definition) is 2. The molecular weight excluding hydrogens is 379 g/mol. The number of rotatable bonds is 6. The topological polar surface area (TPSA) is 91.7 Å². The summed E-state index contributed by atoms with van der Waals surface area (Å²) in [5, 5.41) is 3.26. The average molecular weight is 395 g/mol. The first-order chi connectivity index (χ1) is 13.2. The minimum absolute atomic E-state index is 0.122. The van der Waals surface area contributed by atoms with Gasteiger partial charge in [-0.3, -0.25) is 19.8 Å². The van der Waals surface area contributed by atoms with Crippen LogP contribution in [0.5, 0.6) is 0 Å². The number of carbonyl (C=O) groups is 3. The molecule has 0 unspecified atom stereocenters. The molecule has 28 heavy (non-hydrogen) atoms. The van der Waals surface area contributed by atoms with Crippen LogP contribution in [0.1, 0.15) is 17.7 Å². The molecule has 1 aromatic carbocycles. The molecule has 0 radical (unpaired) electrons. The van der Waals surface area contributed by atoms with E-state index in [-0.39, 0.29) is 18.6 Å². The molecule has 7 nitrogen and oxygen atoms in total. The molecule has 10 heteroatoms. The number of imide groups is 1. The van der Waals surface area contributed by atoms with Gasteiger partial charge in [-0.15, -0.1) is 0 Å². The third-order valence-corrected chi connectivity index (χ3v) is 4.24. The Morgan fingerprint density at radius 3 is 2.46 bits per heavy atom. The molecule has 0 bridgehead atoms. The fourth-order valence-corrected chi connectivity index (χ4v) is 2.80. The van der Waals surface area contributed by atoms with Gasteiger partial charge in [0, 0.05) is 6.42 Å². The minimum atomic E-state index is -5.24. The van der Waals surface area contributed by atoms with Gasteiger partial charge in [0.2, 0.25) is 5.91 Å². The summed E-state index contributed by atoms with van der Waals surface area (Å²) in [4.78, 5) is 37.0. The van der Waals surface area contributed by atoms with Crippen LogP contribution < -0.4 is 10.6 Å². The number of aryl methyl sites for hydroxylation is 1. The number of halogens is 3. The molecule has 1 atom stereocenters. The number of alkyl halides is 3. The number of urea groups is 1. The maximum atomic E-state index is 13.7. The van der Waals surface area contributed by atoms with Crippen molar-refractivity contribution < 1.29 is 32.0 Å². The van der Waals surface area contributed by atoms with Gasteiger partial charge in [0.15, 0.2) is 0 Å². The number of nitrogens with one attached hydrogen (secondary N) is 2. The quantitative estimate of drug-likeness (QED) is 0.735. The van der Waals surface area contributed by atoms with Crippen LogP contribution in [0.3, 0.4) is 0 Å². The highest BCUT2D eigenvalue weighted by molar-refractivity contribution is 6.08. The molecule has 2 N–H and O–H groups in total. The van der Waals surface area contributed by atoms with E-state index in [0.717, 1.165) is 5.56 Å². The van der Waals surface area contributed by atoms with Gasteiger partial charge in [-0.1, -0.05) is 30.3 Å². The van der Waals surface area contributed by atoms with Gasteiger partial charge in [-0.2, -0.15) is 13.2 Å². The predicted octanol–water partition coefficient (Wildman–Crippen LogP) is 2.34. The maximum absolute atomic E-state index is 13.7. The highest BCUT2D eigenvalue weighted by Crippen LogP contribution is 2.34. The highest BCUT2D eigenvalue weighted by Gasteiger charge is 2.68. The van der Waals surface area contributed by atoms with Crippen molar-refractivity contribution in [2.45, 2.75) is 31.2 Å². The van der Waals surface area contributed by atoms with E-state index in [0.29, 0.717) is 4.90 Å². The lowest BCUT2D eigenvalue weighted by Gasteiger charge is -2.29. The van der Waals surface area contributed by atoms with E-state index in [9.17, 15) is 27.6 Å². The van der Waals surface area contributed by atoms with E-state index in [1.54, 1.807) is 41.0 Å². The number of hydrogen-bond acceptors (Lipinski definition) is 4. The predicted molar refractivity (Wildman–Crippen MR) is 89.5 cm³/mol. The van der Waals surface area contributed by atoms with Crippen molar-refractivity contribution in [3.8, 4) is 0 Å². The number of amides is 4. The number of furan rings is 1. The van der Waals surface area contributed by atoms with Gasteiger partial charge < -0.3 is 9.73 Å². The number of benzene rings is 1. The molecule has 0 saturated carbocycles. The summed E-state index contributed by atoms with van der Waals surface area (Å²) in [7, 11) is 0. The van der Waals surface area contributed by atoms with Crippen LogP contribution >= 0.6 is 0 Å². The average Bonchev–Trinajstić information content (AvgIpc) is 3.23. The van der Waals surface area contributed by atoms with E-state index in [4.69, 9.17) is 4.42 Å². The molecular formula is C18H16F3N3O4. The SMILES string of the molecule is O=C(CCc1ccccc1)N[C@@]1(C(F)(F)F)NC(=O)N(Cc2ccco2)C1=O. The Balaban J connectivity index is 1.76. The number of carbonyl (C=O) groups excluding carboxylic acids is 3. The Hall–Kier alpha value is -3.30. The maximum Gasteiger partial charge on any atom is 0.440 e. The van der Waals surface area contributed by atoms with Crippen LogP contribution in [-0.4, -0.2) is 34.6 Å². The van der Waals surface area contributed by atoms with Crippen LogP contribution in [0.2, 0.25) is 0 Å². The van der Waals surface area contributed by atoms with Gasteiger partial charge in [-0.05, 0) is 24.1 Å². The molecule has 0 aliphatic carbocycles. The fraction of sp³-hybridized carbons (Fsp3) is 0.278. The second kappa shape index (κ2) is 7.37. The smallest absolute Gasteiger partial charge is 0.440 e. The van der Waals surface area contributed by atoms with Crippen molar-refractivity contribution in [3.05, 3.63) is 60.1 Å².